The third-order valence-electron chi connectivity index (χ3n) is 4.06. The molecule has 132 valence electrons. The van der Waals surface area contributed by atoms with Gasteiger partial charge in [0.1, 0.15) is 5.75 Å². The summed E-state index contributed by atoms with van der Waals surface area (Å²) in [7, 11) is -3.80. The second kappa shape index (κ2) is 6.40. The van der Waals surface area contributed by atoms with Crippen molar-refractivity contribution in [3.05, 3.63) is 47.5 Å². The summed E-state index contributed by atoms with van der Waals surface area (Å²) >= 11 is 0. The third kappa shape index (κ3) is 3.46. The van der Waals surface area contributed by atoms with Crippen LogP contribution in [0.25, 0.3) is 0 Å². The molecule has 2 aromatic rings. The Hall–Kier alpha value is -2.54. The fourth-order valence-corrected chi connectivity index (χ4v) is 3.92. The van der Waals surface area contributed by atoms with E-state index < -0.39 is 10.0 Å². The maximum atomic E-state index is 12.8. The minimum Gasteiger partial charge on any atom is -0.482 e. The maximum absolute atomic E-state index is 12.8. The zero-order valence-electron chi connectivity index (χ0n) is 14.3. The Morgan fingerprint density at radius 3 is 2.68 bits per heavy atom. The first-order chi connectivity index (χ1) is 11.8. The Bertz CT molecular complexity index is 936. The van der Waals surface area contributed by atoms with Gasteiger partial charge in [-0.25, -0.2) is 8.42 Å². The Morgan fingerprint density at radius 1 is 1.20 bits per heavy atom. The number of aryl methyl sites for hydroxylation is 1. The van der Waals surface area contributed by atoms with Crippen LogP contribution in [0.1, 0.15) is 30.9 Å². The maximum Gasteiger partial charge on any atom is 0.262 e. The van der Waals surface area contributed by atoms with Crippen LogP contribution in [0.5, 0.6) is 5.75 Å². The number of nitrogens with one attached hydrogen (secondary N) is 2. The summed E-state index contributed by atoms with van der Waals surface area (Å²) in [4.78, 5) is 11.5. The summed E-state index contributed by atoms with van der Waals surface area (Å²) in [5.74, 6) is 0.321. The number of benzene rings is 2. The molecule has 7 heteroatoms. The number of sulfonamides is 1. The van der Waals surface area contributed by atoms with Gasteiger partial charge in [0.2, 0.25) is 0 Å². The van der Waals surface area contributed by atoms with Crippen molar-refractivity contribution in [2.24, 2.45) is 0 Å². The van der Waals surface area contributed by atoms with Crippen molar-refractivity contribution in [3.63, 3.8) is 0 Å². The van der Waals surface area contributed by atoms with Gasteiger partial charge in [0.25, 0.3) is 15.9 Å². The molecule has 1 aliphatic rings. The van der Waals surface area contributed by atoms with Crippen molar-refractivity contribution >= 4 is 27.3 Å². The molecule has 0 saturated heterocycles. The van der Waals surface area contributed by atoms with Gasteiger partial charge in [-0.15, -0.1) is 0 Å². The van der Waals surface area contributed by atoms with E-state index in [1.54, 1.807) is 6.07 Å². The molecule has 1 heterocycles. The number of rotatable bonds is 4. The lowest BCUT2D eigenvalue weighted by atomic mass is 9.99. The first kappa shape index (κ1) is 17.3. The topological polar surface area (TPSA) is 84.5 Å². The molecule has 2 N–H and O–H groups in total. The molecule has 3 rings (SSSR count). The molecule has 0 aliphatic carbocycles. The number of carbonyl (C=O) groups excluding carboxylic acids is 1. The molecule has 1 aliphatic heterocycles. The van der Waals surface area contributed by atoms with E-state index in [0.29, 0.717) is 17.1 Å². The zero-order valence-corrected chi connectivity index (χ0v) is 15.1. The van der Waals surface area contributed by atoms with Crippen LogP contribution in [0.4, 0.5) is 11.4 Å². The van der Waals surface area contributed by atoms with Crippen LogP contribution in [0.15, 0.2) is 41.3 Å². The van der Waals surface area contributed by atoms with Gasteiger partial charge in [0, 0.05) is 0 Å². The van der Waals surface area contributed by atoms with Crippen molar-refractivity contribution in [1.29, 1.82) is 0 Å². The summed E-state index contributed by atoms with van der Waals surface area (Å²) in [6.07, 6.45) is 0. The molecule has 2 aromatic carbocycles. The number of hydrogen-bond donors (Lipinski definition) is 2. The molecule has 0 bridgehead atoms. The molecule has 0 radical (unpaired) electrons. The van der Waals surface area contributed by atoms with Gasteiger partial charge in [-0.05, 0) is 42.2 Å². The number of anilines is 2. The Morgan fingerprint density at radius 2 is 1.96 bits per heavy atom. The van der Waals surface area contributed by atoms with E-state index in [-0.39, 0.29) is 23.3 Å². The first-order valence-electron chi connectivity index (χ1n) is 7.97. The van der Waals surface area contributed by atoms with Crippen LogP contribution >= 0.6 is 0 Å². The smallest absolute Gasteiger partial charge is 0.262 e. The number of hydrogen-bond acceptors (Lipinski definition) is 4. The lowest BCUT2D eigenvalue weighted by molar-refractivity contribution is -0.118. The summed E-state index contributed by atoms with van der Waals surface area (Å²) in [6, 6.07) is 10.1. The van der Waals surface area contributed by atoms with E-state index in [0.717, 1.165) is 11.1 Å². The second-order valence-corrected chi connectivity index (χ2v) is 7.98. The van der Waals surface area contributed by atoms with Gasteiger partial charge in [-0.2, -0.15) is 0 Å². The molecule has 6 nitrogen and oxygen atoms in total. The molecular formula is C18H20N2O4S. The molecule has 0 atom stereocenters. The lowest BCUT2D eigenvalue weighted by Gasteiger charge is -2.20. The van der Waals surface area contributed by atoms with Crippen LogP contribution in [0, 0.1) is 6.92 Å². The predicted octanol–water partition coefficient (Wildman–Crippen LogP) is 3.25. The first-order valence-corrected chi connectivity index (χ1v) is 9.45. The lowest BCUT2D eigenvalue weighted by Crippen LogP contribution is -2.25. The average molecular weight is 360 g/mol. The van der Waals surface area contributed by atoms with E-state index in [1.165, 1.54) is 12.1 Å². The van der Waals surface area contributed by atoms with Crippen LogP contribution < -0.4 is 14.8 Å². The van der Waals surface area contributed by atoms with Crippen LogP contribution in [-0.2, 0) is 14.8 Å². The van der Waals surface area contributed by atoms with E-state index in [2.05, 4.69) is 10.0 Å². The van der Waals surface area contributed by atoms with E-state index in [1.807, 2.05) is 39.0 Å². The fourth-order valence-electron chi connectivity index (χ4n) is 2.73. The minimum atomic E-state index is -3.80. The molecular weight excluding hydrogens is 340 g/mol. The summed E-state index contributed by atoms with van der Waals surface area (Å²) in [5, 5.41) is 2.62. The minimum absolute atomic E-state index is 0.0648. The fraction of sp³-hybridized carbons (Fsp3) is 0.278. The summed E-state index contributed by atoms with van der Waals surface area (Å²) < 4.78 is 33.6. The van der Waals surface area contributed by atoms with Crippen LogP contribution in [-0.4, -0.2) is 20.9 Å². The highest BCUT2D eigenvalue weighted by Gasteiger charge is 2.22. The van der Waals surface area contributed by atoms with E-state index >= 15 is 0 Å². The molecule has 0 spiro atoms. The van der Waals surface area contributed by atoms with Gasteiger partial charge in [-0.3, -0.25) is 9.52 Å². The summed E-state index contributed by atoms with van der Waals surface area (Å²) in [5.41, 5.74) is 2.73. The Labute approximate surface area is 147 Å². The SMILES string of the molecule is Cc1cccc(C(C)C)c1NS(=O)(=O)c1ccc2c(c1)NC(=O)CO2. The highest BCUT2D eigenvalue weighted by atomic mass is 32.2. The monoisotopic (exact) mass is 360 g/mol. The third-order valence-corrected chi connectivity index (χ3v) is 5.41. The highest BCUT2D eigenvalue weighted by Crippen LogP contribution is 2.33. The van der Waals surface area contributed by atoms with Gasteiger partial charge in [0.05, 0.1) is 16.3 Å². The molecule has 25 heavy (non-hydrogen) atoms. The second-order valence-electron chi connectivity index (χ2n) is 6.29. The van der Waals surface area contributed by atoms with Crippen molar-refractivity contribution in [2.75, 3.05) is 16.6 Å². The molecule has 0 aromatic heterocycles. The van der Waals surface area contributed by atoms with Crippen molar-refractivity contribution < 1.29 is 17.9 Å². The number of para-hydroxylation sites is 1. The van der Waals surface area contributed by atoms with Gasteiger partial charge < -0.3 is 10.1 Å². The van der Waals surface area contributed by atoms with Crippen molar-refractivity contribution in [3.8, 4) is 5.75 Å². The Kier molecular flexibility index (Phi) is 4.43. The van der Waals surface area contributed by atoms with Gasteiger partial charge in [0.15, 0.2) is 6.61 Å². The van der Waals surface area contributed by atoms with E-state index in [9.17, 15) is 13.2 Å². The average Bonchev–Trinajstić information content (AvgIpc) is 2.55. The largest absolute Gasteiger partial charge is 0.482 e. The number of fused-ring (bicyclic) bond motifs is 1. The zero-order chi connectivity index (χ0) is 18.2. The molecule has 0 fully saturated rings. The number of carbonyl (C=O) groups is 1. The molecule has 0 unspecified atom stereocenters. The van der Waals surface area contributed by atoms with Gasteiger partial charge in [-0.1, -0.05) is 32.0 Å². The molecule has 0 saturated carbocycles. The predicted molar refractivity (Wildman–Crippen MR) is 96.6 cm³/mol. The van der Waals surface area contributed by atoms with Crippen LogP contribution in [0.2, 0.25) is 0 Å². The van der Waals surface area contributed by atoms with Crippen molar-refractivity contribution in [2.45, 2.75) is 31.6 Å². The number of ether oxygens (including phenoxy) is 1. The standard InChI is InChI=1S/C18H20N2O4S/c1-11(2)14-6-4-5-12(3)18(14)20-25(22,23)13-7-8-16-15(9-13)19-17(21)10-24-16/h4-9,11,20H,10H2,1-3H3,(H,19,21). The van der Waals surface area contributed by atoms with Crippen molar-refractivity contribution in [1.82, 2.24) is 0 Å². The van der Waals surface area contributed by atoms with Crippen LogP contribution in [0.3, 0.4) is 0 Å². The number of amides is 1. The quantitative estimate of drug-likeness (QED) is 0.876. The Balaban J connectivity index is 1.99. The summed E-state index contributed by atoms with van der Waals surface area (Å²) in [6.45, 7) is 5.82. The van der Waals surface area contributed by atoms with Gasteiger partial charge >= 0.3 is 0 Å². The highest BCUT2D eigenvalue weighted by molar-refractivity contribution is 7.92. The van der Waals surface area contributed by atoms with E-state index in [4.69, 9.17) is 4.74 Å². The normalized spacial score (nSPS) is 13.8. The molecule has 1 amide bonds.